The molecule has 20 heavy (non-hydrogen) atoms. The maximum absolute atomic E-state index is 11.7. The maximum atomic E-state index is 11.7. The number of rotatable bonds is 4. The summed E-state index contributed by atoms with van der Waals surface area (Å²) in [6.45, 7) is 2.42. The normalized spacial score (nSPS) is 18.6. The molecule has 0 amide bonds. The van der Waals surface area contributed by atoms with Crippen LogP contribution in [0.5, 0.6) is 5.75 Å². The number of benzene rings is 1. The summed E-state index contributed by atoms with van der Waals surface area (Å²) in [4.78, 5) is 11.7. The summed E-state index contributed by atoms with van der Waals surface area (Å²) in [7, 11) is 2.95. The Labute approximate surface area is 126 Å². The molecule has 0 radical (unpaired) electrons. The number of hydrogen-bond donors (Lipinski definition) is 1. The van der Waals surface area contributed by atoms with Crippen LogP contribution in [-0.4, -0.2) is 46.0 Å². The first kappa shape index (κ1) is 15.3. The number of ether oxygens (including phenoxy) is 3. The van der Waals surface area contributed by atoms with Crippen molar-refractivity contribution in [2.24, 2.45) is 0 Å². The topological polar surface area (TPSA) is 56.8 Å². The average molecular weight is 344 g/mol. The van der Waals surface area contributed by atoms with Gasteiger partial charge in [0.1, 0.15) is 5.75 Å². The van der Waals surface area contributed by atoms with Gasteiger partial charge in [0.05, 0.1) is 32.5 Å². The van der Waals surface area contributed by atoms with Gasteiger partial charge in [0.2, 0.25) is 0 Å². The highest BCUT2D eigenvalue weighted by Gasteiger charge is 2.19. The van der Waals surface area contributed by atoms with E-state index in [1.54, 1.807) is 13.2 Å². The highest BCUT2D eigenvalue weighted by Crippen LogP contribution is 2.29. The summed E-state index contributed by atoms with van der Waals surface area (Å²) < 4.78 is 16.5. The van der Waals surface area contributed by atoms with Crippen molar-refractivity contribution in [2.75, 3.05) is 33.9 Å². The summed E-state index contributed by atoms with van der Waals surface area (Å²) in [6, 6.07) is 3.59. The highest BCUT2D eigenvalue weighted by molar-refractivity contribution is 9.10. The molecule has 0 bridgehead atoms. The van der Waals surface area contributed by atoms with Crippen molar-refractivity contribution >= 4 is 21.9 Å². The Morgan fingerprint density at radius 3 is 2.90 bits per heavy atom. The summed E-state index contributed by atoms with van der Waals surface area (Å²) in [5, 5.41) is 3.29. The van der Waals surface area contributed by atoms with Crippen molar-refractivity contribution in [2.45, 2.75) is 12.5 Å². The monoisotopic (exact) mass is 343 g/mol. The van der Waals surface area contributed by atoms with E-state index in [0.29, 0.717) is 22.4 Å². The number of carbonyl (C=O) groups excluding carboxylic acids is 1. The number of hydrogen-bond acceptors (Lipinski definition) is 5. The van der Waals surface area contributed by atoms with Crippen molar-refractivity contribution in [1.82, 2.24) is 5.32 Å². The first-order chi connectivity index (χ1) is 9.65. The standard InChI is InChI=1S/C14H18BrNO4/c1-18-13-7-11(14(17)19-2)12(15)6-9(13)5-10-8-16-3-4-20-10/h6-7,10,16H,3-5,8H2,1-2H3. The molecule has 0 aromatic heterocycles. The van der Waals surface area contributed by atoms with E-state index in [1.807, 2.05) is 6.07 Å². The third-order valence-corrected chi connectivity index (χ3v) is 3.88. The predicted octanol–water partition coefficient (Wildman–Crippen LogP) is 1.78. The first-order valence-corrected chi connectivity index (χ1v) is 7.22. The molecule has 1 aromatic rings. The van der Waals surface area contributed by atoms with E-state index in [1.165, 1.54) is 7.11 Å². The smallest absolute Gasteiger partial charge is 0.339 e. The van der Waals surface area contributed by atoms with Gasteiger partial charge in [-0.2, -0.15) is 0 Å². The summed E-state index contributed by atoms with van der Waals surface area (Å²) in [6.07, 6.45) is 0.851. The lowest BCUT2D eigenvalue weighted by atomic mass is 10.0. The van der Waals surface area contributed by atoms with E-state index in [-0.39, 0.29) is 6.10 Å². The highest BCUT2D eigenvalue weighted by atomic mass is 79.9. The third-order valence-electron chi connectivity index (χ3n) is 3.23. The number of esters is 1. The predicted molar refractivity (Wildman–Crippen MR) is 78.3 cm³/mol. The van der Waals surface area contributed by atoms with Gasteiger partial charge in [-0.25, -0.2) is 4.79 Å². The molecular weight excluding hydrogens is 326 g/mol. The van der Waals surface area contributed by atoms with Crippen LogP contribution in [0.15, 0.2) is 16.6 Å². The van der Waals surface area contributed by atoms with E-state index in [0.717, 1.165) is 25.1 Å². The van der Waals surface area contributed by atoms with Gasteiger partial charge in [-0.1, -0.05) is 0 Å². The summed E-state index contributed by atoms with van der Waals surface area (Å²) >= 11 is 3.40. The van der Waals surface area contributed by atoms with E-state index >= 15 is 0 Å². The van der Waals surface area contributed by atoms with Crippen LogP contribution in [-0.2, 0) is 15.9 Å². The fraction of sp³-hybridized carbons (Fsp3) is 0.500. The fourth-order valence-corrected chi connectivity index (χ4v) is 2.76. The molecule has 110 valence electrons. The second kappa shape index (κ2) is 7.06. The molecule has 6 heteroatoms. The number of nitrogens with one attached hydrogen (secondary N) is 1. The van der Waals surface area contributed by atoms with E-state index in [2.05, 4.69) is 21.2 Å². The zero-order valence-electron chi connectivity index (χ0n) is 11.6. The minimum atomic E-state index is -0.391. The van der Waals surface area contributed by atoms with E-state index < -0.39 is 5.97 Å². The van der Waals surface area contributed by atoms with Crippen LogP contribution in [0.3, 0.4) is 0 Å². The molecule has 5 nitrogen and oxygen atoms in total. The fourth-order valence-electron chi connectivity index (χ4n) is 2.21. The molecule has 1 atom stereocenters. The Morgan fingerprint density at radius 1 is 1.50 bits per heavy atom. The van der Waals surface area contributed by atoms with Gasteiger partial charge >= 0.3 is 5.97 Å². The van der Waals surface area contributed by atoms with Crippen molar-refractivity contribution in [3.8, 4) is 5.75 Å². The Bertz CT molecular complexity index is 486. The third kappa shape index (κ3) is 3.50. The Hall–Kier alpha value is -1.11. The largest absolute Gasteiger partial charge is 0.496 e. The van der Waals surface area contributed by atoms with Gasteiger partial charge in [-0.15, -0.1) is 0 Å². The Kier molecular flexibility index (Phi) is 5.39. The minimum Gasteiger partial charge on any atom is -0.496 e. The van der Waals surface area contributed by atoms with Gasteiger partial charge < -0.3 is 19.5 Å². The molecule has 1 N–H and O–H groups in total. The van der Waals surface area contributed by atoms with Crippen LogP contribution < -0.4 is 10.1 Å². The van der Waals surface area contributed by atoms with Crippen LogP contribution >= 0.6 is 15.9 Å². The molecule has 1 aliphatic heterocycles. The van der Waals surface area contributed by atoms with Crippen molar-refractivity contribution in [3.05, 3.63) is 27.7 Å². The van der Waals surface area contributed by atoms with Crippen LogP contribution in [0.25, 0.3) is 0 Å². The molecule has 1 fully saturated rings. The quantitative estimate of drug-likeness (QED) is 0.844. The SMILES string of the molecule is COC(=O)c1cc(OC)c(CC2CNCCO2)cc1Br. The molecule has 0 aliphatic carbocycles. The summed E-state index contributed by atoms with van der Waals surface area (Å²) in [5.74, 6) is 0.278. The van der Waals surface area contributed by atoms with Gasteiger partial charge in [-0.3, -0.25) is 0 Å². The van der Waals surface area contributed by atoms with Crippen molar-refractivity contribution in [1.29, 1.82) is 0 Å². The van der Waals surface area contributed by atoms with Gasteiger partial charge in [0.25, 0.3) is 0 Å². The van der Waals surface area contributed by atoms with Gasteiger partial charge in [-0.05, 0) is 33.6 Å². The Morgan fingerprint density at radius 2 is 2.30 bits per heavy atom. The molecule has 1 heterocycles. The van der Waals surface area contributed by atoms with E-state index in [9.17, 15) is 4.79 Å². The maximum Gasteiger partial charge on any atom is 0.339 e. The van der Waals surface area contributed by atoms with Crippen LogP contribution in [0.2, 0.25) is 0 Å². The summed E-state index contributed by atoms with van der Waals surface area (Å²) in [5.41, 5.74) is 1.46. The Balaban J connectivity index is 2.23. The lowest BCUT2D eigenvalue weighted by molar-refractivity contribution is 0.0289. The molecular formula is C14H18BrNO4. The van der Waals surface area contributed by atoms with Crippen LogP contribution in [0.1, 0.15) is 15.9 Å². The van der Waals surface area contributed by atoms with Gasteiger partial charge in [0.15, 0.2) is 0 Å². The second-order valence-electron chi connectivity index (χ2n) is 4.54. The van der Waals surface area contributed by atoms with Crippen LogP contribution in [0, 0.1) is 0 Å². The minimum absolute atomic E-state index is 0.119. The molecule has 0 spiro atoms. The molecule has 1 aromatic carbocycles. The second-order valence-corrected chi connectivity index (χ2v) is 5.39. The molecule has 1 unspecified atom stereocenters. The van der Waals surface area contributed by atoms with Crippen LogP contribution in [0.4, 0.5) is 0 Å². The lowest BCUT2D eigenvalue weighted by Crippen LogP contribution is -2.39. The van der Waals surface area contributed by atoms with Crippen molar-refractivity contribution in [3.63, 3.8) is 0 Å². The molecule has 1 aliphatic rings. The zero-order valence-corrected chi connectivity index (χ0v) is 13.2. The lowest BCUT2D eigenvalue weighted by Gasteiger charge is -2.24. The molecule has 0 saturated carbocycles. The molecule has 2 rings (SSSR count). The van der Waals surface area contributed by atoms with Gasteiger partial charge in [0, 0.05) is 24.0 Å². The van der Waals surface area contributed by atoms with E-state index in [4.69, 9.17) is 14.2 Å². The number of methoxy groups -OCH3 is 2. The first-order valence-electron chi connectivity index (χ1n) is 6.42. The van der Waals surface area contributed by atoms with Crippen molar-refractivity contribution < 1.29 is 19.0 Å². The molecule has 1 saturated heterocycles. The number of halogens is 1. The number of morpholine rings is 1. The number of carbonyl (C=O) groups is 1. The zero-order chi connectivity index (χ0) is 14.5. The average Bonchev–Trinajstić information content (AvgIpc) is 2.48.